The lowest BCUT2D eigenvalue weighted by Gasteiger charge is -2.04. The maximum absolute atomic E-state index is 13.1. The average Bonchev–Trinajstić information content (AvgIpc) is 2.81. The molecule has 2 N–H and O–H groups in total. The SMILES string of the molecule is CC(C)CNCc1nnc(Nc2ccc(F)c(Br)c2)o1. The minimum absolute atomic E-state index is 0.282. The summed E-state index contributed by atoms with van der Waals surface area (Å²) in [6, 6.07) is 4.84. The van der Waals surface area contributed by atoms with Crippen LogP contribution >= 0.6 is 15.9 Å². The second-order valence-electron chi connectivity index (χ2n) is 4.78. The fourth-order valence-corrected chi connectivity index (χ4v) is 1.92. The molecule has 0 bridgehead atoms. The predicted molar refractivity (Wildman–Crippen MR) is 78.2 cm³/mol. The van der Waals surface area contributed by atoms with Gasteiger partial charge in [0.2, 0.25) is 5.89 Å². The highest BCUT2D eigenvalue weighted by Crippen LogP contribution is 2.22. The Morgan fingerprint density at radius 2 is 2.15 bits per heavy atom. The highest BCUT2D eigenvalue weighted by atomic mass is 79.9. The Hall–Kier alpha value is -1.47. The molecule has 0 fully saturated rings. The Kier molecular flexibility index (Phi) is 5.08. The third-order valence-electron chi connectivity index (χ3n) is 2.47. The number of benzene rings is 1. The largest absolute Gasteiger partial charge is 0.406 e. The first-order chi connectivity index (χ1) is 9.54. The number of rotatable bonds is 6. The van der Waals surface area contributed by atoms with Gasteiger partial charge in [-0.05, 0) is 46.6 Å². The first kappa shape index (κ1) is 14.9. The van der Waals surface area contributed by atoms with Crippen LogP contribution in [0.4, 0.5) is 16.1 Å². The monoisotopic (exact) mass is 342 g/mol. The van der Waals surface area contributed by atoms with Crippen LogP contribution in [0.2, 0.25) is 0 Å². The highest BCUT2D eigenvalue weighted by molar-refractivity contribution is 9.10. The van der Waals surface area contributed by atoms with Crippen LogP contribution in [0.15, 0.2) is 27.1 Å². The van der Waals surface area contributed by atoms with Gasteiger partial charge in [-0.25, -0.2) is 4.39 Å². The molecule has 0 spiro atoms. The number of hydrogen-bond donors (Lipinski definition) is 2. The van der Waals surface area contributed by atoms with Crippen LogP contribution in [0.5, 0.6) is 0 Å². The van der Waals surface area contributed by atoms with Gasteiger partial charge in [-0.15, -0.1) is 5.10 Å². The molecule has 20 heavy (non-hydrogen) atoms. The minimum atomic E-state index is -0.320. The summed E-state index contributed by atoms with van der Waals surface area (Å²) in [6.45, 7) is 5.66. The van der Waals surface area contributed by atoms with Crippen LogP contribution in [0, 0.1) is 11.7 Å². The molecule has 2 rings (SSSR count). The van der Waals surface area contributed by atoms with Gasteiger partial charge < -0.3 is 15.1 Å². The number of hydrogen-bond acceptors (Lipinski definition) is 5. The van der Waals surface area contributed by atoms with E-state index in [2.05, 4.69) is 50.6 Å². The van der Waals surface area contributed by atoms with Crippen LogP contribution in [0.1, 0.15) is 19.7 Å². The third kappa shape index (κ3) is 4.28. The molecule has 0 aliphatic carbocycles. The van der Waals surface area contributed by atoms with Crippen molar-refractivity contribution in [3.05, 3.63) is 34.4 Å². The van der Waals surface area contributed by atoms with E-state index >= 15 is 0 Å². The maximum atomic E-state index is 13.1. The molecular formula is C13H16BrFN4O. The first-order valence-electron chi connectivity index (χ1n) is 6.30. The topological polar surface area (TPSA) is 63.0 Å². The summed E-state index contributed by atoms with van der Waals surface area (Å²) in [5.41, 5.74) is 0.670. The van der Waals surface area contributed by atoms with Crippen molar-refractivity contribution in [1.82, 2.24) is 15.5 Å². The van der Waals surface area contributed by atoms with Crippen molar-refractivity contribution in [3.8, 4) is 0 Å². The van der Waals surface area contributed by atoms with Gasteiger partial charge in [-0.3, -0.25) is 0 Å². The zero-order chi connectivity index (χ0) is 14.5. The summed E-state index contributed by atoms with van der Waals surface area (Å²) in [5, 5.41) is 13.9. The van der Waals surface area contributed by atoms with E-state index in [0.717, 1.165) is 6.54 Å². The summed E-state index contributed by atoms with van der Waals surface area (Å²) in [7, 11) is 0. The molecule has 108 valence electrons. The van der Waals surface area contributed by atoms with E-state index in [1.165, 1.54) is 6.07 Å². The summed E-state index contributed by atoms with van der Waals surface area (Å²) < 4.78 is 18.9. The summed E-state index contributed by atoms with van der Waals surface area (Å²) >= 11 is 3.12. The number of anilines is 2. The third-order valence-corrected chi connectivity index (χ3v) is 3.07. The van der Waals surface area contributed by atoms with Crippen molar-refractivity contribution in [3.63, 3.8) is 0 Å². The molecular weight excluding hydrogens is 327 g/mol. The quantitative estimate of drug-likeness (QED) is 0.841. The fraction of sp³-hybridized carbons (Fsp3) is 0.385. The van der Waals surface area contributed by atoms with E-state index in [4.69, 9.17) is 4.42 Å². The van der Waals surface area contributed by atoms with Gasteiger partial charge in [0.1, 0.15) is 5.82 Å². The van der Waals surface area contributed by atoms with Crippen LogP contribution in [-0.2, 0) is 6.54 Å². The maximum Gasteiger partial charge on any atom is 0.320 e. The summed E-state index contributed by atoms with van der Waals surface area (Å²) in [4.78, 5) is 0. The van der Waals surface area contributed by atoms with Crippen LogP contribution in [0.3, 0.4) is 0 Å². The molecule has 0 radical (unpaired) electrons. The van der Waals surface area contributed by atoms with E-state index in [1.54, 1.807) is 12.1 Å². The van der Waals surface area contributed by atoms with Gasteiger partial charge in [-0.1, -0.05) is 18.9 Å². The van der Waals surface area contributed by atoms with Crippen molar-refractivity contribution in [2.75, 3.05) is 11.9 Å². The molecule has 1 aromatic heterocycles. The Labute approximate surface area is 125 Å². The number of nitrogens with one attached hydrogen (secondary N) is 2. The number of halogens is 2. The highest BCUT2D eigenvalue weighted by Gasteiger charge is 2.07. The molecule has 7 heteroatoms. The molecule has 5 nitrogen and oxygen atoms in total. The smallest absolute Gasteiger partial charge is 0.320 e. The fourth-order valence-electron chi connectivity index (χ4n) is 1.54. The van der Waals surface area contributed by atoms with E-state index < -0.39 is 0 Å². The zero-order valence-electron chi connectivity index (χ0n) is 11.3. The van der Waals surface area contributed by atoms with Gasteiger partial charge in [-0.2, -0.15) is 0 Å². The second kappa shape index (κ2) is 6.81. The molecule has 0 saturated carbocycles. The normalized spacial score (nSPS) is 11.1. The molecule has 0 amide bonds. The van der Waals surface area contributed by atoms with E-state index in [1.807, 2.05) is 0 Å². The lowest BCUT2D eigenvalue weighted by Crippen LogP contribution is -2.19. The zero-order valence-corrected chi connectivity index (χ0v) is 12.9. The van der Waals surface area contributed by atoms with Crippen molar-refractivity contribution >= 4 is 27.6 Å². The Bertz CT molecular complexity index is 573. The van der Waals surface area contributed by atoms with Gasteiger partial charge in [0.15, 0.2) is 0 Å². The molecule has 0 unspecified atom stereocenters. The standard InChI is InChI=1S/C13H16BrFN4O/c1-8(2)6-16-7-12-18-19-13(20-12)17-9-3-4-11(15)10(14)5-9/h3-5,8,16H,6-7H2,1-2H3,(H,17,19). The molecule has 1 aromatic carbocycles. The Morgan fingerprint density at radius 3 is 2.85 bits per heavy atom. The molecule has 0 atom stereocenters. The summed E-state index contributed by atoms with van der Waals surface area (Å²) in [5.74, 6) is 0.751. The van der Waals surface area contributed by atoms with Gasteiger partial charge in [0, 0.05) is 5.69 Å². The lowest BCUT2D eigenvalue weighted by atomic mass is 10.2. The number of aromatic nitrogens is 2. The first-order valence-corrected chi connectivity index (χ1v) is 7.09. The van der Waals surface area contributed by atoms with Crippen molar-refractivity contribution in [2.45, 2.75) is 20.4 Å². The van der Waals surface area contributed by atoms with Crippen LogP contribution < -0.4 is 10.6 Å². The van der Waals surface area contributed by atoms with Crippen LogP contribution in [0.25, 0.3) is 0 Å². The molecule has 0 aliphatic rings. The minimum Gasteiger partial charge on any atom is -0.406 e. The van der Waals surface area contributed by atoms with Gasteiger partial charge in [0.25, 0.3) is 0 Å². The van der Waals surface area contributed by atoms with Gasteiger partial charge >= 0.3 is 6.01 Å². The number of nitrogens with zero attached hydrogens (tertiary/aromatic N) is 2. The van der Waals surface area contributed by atoms with E-state index in [9.17, 15) is 4.39 Å². The Balaban J connectivity index is 1.93. The van der Waals surface area contributed by atoms with Crippen molar-refractivity contribution < 1.29 is 8.81 Å². The summed E-state index contributed by atoms with van der Waals surface area (Å²) in [6.07, 6.45) is 0. The van der Waals surface area contributed by atoms with E-state index in [-0.39, 0.29) is 11.8 Å². The Morgan fingerprint density at radius 1 is 1.35 bits per heavy atom. The van der Waals surface area contributed by atoms with Crippen molar-refractivity contribution in [2.24, 2.45) is 5.92 Å². The van der Waals surface area contributed by atoms with Crippen LogP contribution in [-0.4, -0.2) is 16.7 Å². The van der Waals surface area contributed by atoms with E-state index in [0.29, 0.717) is 28.5 Å². The van der Waals surface area contributed by atoms with Gasteiger partial charge in [0.05, 0.1) is 11.0 Å². The van der Waals surface area contributed by atoms with Crippen molar-refractivity contribution in [1.29, 1.82) is 0 Å². The molecule has 0 saturated heterocycles. The molecule has 2 aromatic rings. The second-order valence-corrected chi connectivity index (χ2v) is 5.63. The lowest BCUT2D eigenvalue weighted by molar-refractivity contribution is 0.460. The molecule has 1 heterocycles. The predicted octanol–water partition coefficient (Wildman–Crippen LogP) is 3.46. The molecule has 0 aliphatic heterocycles. The average molecular weight is 343 g/mol.